The Kier molecular flexibility index (Phi) is 6.59. The number of unbranched alkanes of at least 4 members (excludes halogenated alkanes) is 2. The van der Waals surface area contributed by atoms with Crippen LogP contribution < -0.4 is 4.90 Å². The van der Waals surface area contributed by atoms with E-state index in [1.165, 1.54) is 0 Å². The van der Waals surface area contributed by atoms with Gasteiger partial charge in [-0.1, -0.05) is 44.9 Å². The first-order chi connectivity index (χ1) is 11.6. The van der Waals surface area contributed by atoms with Crippen LogP contribution in [-0.2, 0) is 11.2 Å². The zero-order chi connectivity index (χ0) is 17.5. The third-order valence-electron chi connectivity index (χ3n) is 4.38. The molecule has 0 atom stereocenters. The fraction of sp³-hybridized carbons (Fsp3) is 0.500. The van der Waals surface area contributed by atoms with Gasteiger partial charge < -0.3 is 10.0 Å². The number of para-hydroxylation sites is 1. The smallest absolute Gasteiger partial charge is 0.307 e. The Morgan fingerprint density at radius 1 is 1.12 bits per heavy atom. The lowest BCUT2D eigenvalue weighted by Crippen LogP contribution is -2.28. The summed E-state index contributed by atoms with van der Waals surface area (Å²) in [6.45, 7) is 8.21. The topological polar surface area (TPSA) is 53.4 Å². The normalized spacial score (nSPS) is 11.0. The van der Waals surface area contributed by atoms with Gasteiger partial charge in [-0.15, -0.1) is 0 Å². The van der Waals surface area contributed by atoms with Gasteiger partial charge in [0.25, 0.3) is 0 Å². The van der Waals surface area contributed by atoms with E-state index < -0.39 is 5.97 Å². The monoisotopic (exact) mass is 328 g/mol. The predicted molar refractivity (Wildman–Crippen MR) is 99.8 cm³/mol. The molecule has 0 saturated carbocycles. The maximum Gasteiger partial charge on any atom is 0.307 e. The third kappa shape index (κ3) is 4.25. The zero-order valence-electron chi connectivity index (χ0n) is 15.0. The molecule has 0 aliphatic rings. The summed E-state index contributed by atoms with van der Waals surface area (Å²) >= 11 is 0. The summed E-state index contributed by atoms with van der Waals surface area (Å²) in [5.41, 5.74) is 3.69. The summed E-state index contributed by atoms with van der Waals surface area (Å²) < 4.78 is 0. The van der Waals surface area contributed by atoms with Gasteiger partial charge in [-0.25, -0.2) is 0 Å². The molecular formula is C20H28N2O2. The maximum absolute atomic E-state index is 11.4. The molecule has 130 valence electrons. The van der Waals surface area contributed by atoms with Crippen molar-refractivity contribution in [2.75, 3.05) is 18.0 Å². The average Bonchev–Trinajstić information content (AvgIpc) is 2.56. The van der Waals surface area contributed by atoms with Gasteiger partial charge in [0.15, 0.2) is 0 Å². The number of aliphatic carboxylic acids is 1. The van der Waals surface area contributed by atoms with Crippen LogP contribution in [0.1, 0.15) is 50.8 Å². The largest absolute Gasteiger partial charge is 0.481 e. The van der Waals surface area contributed by atoms with E-state index in [9.17, 15) is 9.90 Å². The lowest BCUT2D eigenvalue weighted by Gasteiger charge is -2.29. The first kappa shape index (κ1) is 18.2. The van der Waals surface area contributed by atoms with Crippen molar-refractivity contribution in [1.82, 2.24) is 4.98 Å². The molecule has 0 radical (unpaired) electrons. The van der Waals surface area contributed by atoms with Crippen LogP contribution in [0, 0.1) is 6.92 Å². The molecule has 1 aromatic carbocycles. The van der Waals surface area contributed by atoms with Crippen molar-refractivity contribution in [1.29, 1.82) is 0 Å². The molecule has 0 fully saturated rings. The second-order valence-electron chi connectivity index (χ2n) is 6.31. The number of carboxylic acid groups (broad SMARTS) is 1. The summed E-state index contributed by atoms with van der Waals surface area (Å²) in [6.07, 6.45) is 4.48. The lowest BCUT2D eigenvalue weighted by atomic mass is 10.0. The Bertz CT molecular complexity index is 689. The second kappa shape index (κ2) is 8.67. The van der Waals surface area contributed by atoms with Crippen molar-refractivity contribution in [2.45, 2.75) is 52.9 Å². The second-order valence-corrected chi connectivity index (χ2v) is 6.31. The highest BCUT2D eigenvalue weighted by atomic mass is 16.4. The molecule has 1 heterocycles. The van der Waals surface area contributed by atoms with Crippen molar-refractivity contribution in [3.05, 3.63) is 35.5 Å². The molecule has 4 heteroatoms. The van der Waals surface area contributed by atoms with Gasteiger partial charge in [0.1, 0.15) is 0 Å². The van der Waals surface area contributed by atoms with Gasteiger partial charge in [-0.05, 0) is 25.8 Å². The van der Waals surface area contributed by atoms with Crippen LogP contribution in [0.3, 0.4) is 0 Å². The van der Waals surface area contributed by atoms with E-state index in [1.807, 2.05) is 25.1 Å². The van der Waals surface area contributed by atoms with Crippen molar-refractivity contribution in [3.8, 4) is 0 Å². The van der Waals surface area contributed by atoms with Crippen LogP contribution in [0.15, 0.2) is 24.3 Å². The molecule has 0 unspecified atom stereocenters. The molecule has 2 rings (SSSR count). The third-order valence-corrected chi connectivity index (χ3v) is 4.38. The summed E-state index contributed by atoms with van der Waals surface area (Å²) in [7, 11) is 0. The van der Waals surface area contributed by atoms with Crippen molar-refractivity contribution in [2.24, 2.45) is 0 Å². The molecule has 24 heavy (non-hydrogen) atoms. The number of aromatic nitrogens is 1. The van der Waals surface area contributed by atoms with Gasteiger partial charge >= 0.3 is 5.97 Å². The van der Waals surface area contributed by atoms with Crippen LogP contribution in [0.5, 0.6) is 0 Å². The first-order valence-corrected chi connectivity index (χ1v) is 8.93. The number of anilines is 1. The van der Waals surface area contributed by atoms with Crippen molar-refractivity contribution < 1.29 is 9.90 Å². The lowest BCUT2D eigenvalue weighted by molar-refractivity contribution is -0.136. The van der Waals surface area contributed by atoms with Gasteiger partial charge in [0.05, 0.1) is 17.6 Å². The van der Waals surface area contributed by atoms with Gasteiger partial charge in [-0.3, -0.25) is 9.78 Å². The molecule has 0 saturated heterocycles. The van der Waals surface area contributed by atoms with Crippen LogP contribution in [0.4, 0.5) is 5.69 Å². The van der Waals surface area contributed by atoms with Gasteiger partial charge in [-0.2, -0.15) is 0 Å². The van der Waals surface area contributed by atoms with Crippen LogP contribution in [0.2, 0.25) is 0 Å². The predicted octanol–water partition coefficient (Wildman–Crippen LogP) is 4.58. The Hall–Kier alpha value is -2.10. The first-order valence-electron chi connectivity index (χ1n) is 8.93. The highest BCUT2D eigenvalue weighted by Crippen LogP contribution is 2.33. The van der Waals surface area contributed by atoms with E-state index in [2.05, 4.69) is 29.8 Å². The number of rotatable bonds is 9. The standard InChI is InChI=1S/C20H28N2O2/c1-4-6-12-22(13-7-5-2)20-16-10-8-9-11-18(16)21-15(3)17(20)14-19(23)24/h8-11H,4-7,12-14H2,1-3H3,(H,23,24). The summed E-state index contributed by atoms with van der Waals surface area (Å²) in [5, 5.41) is 10.4. The fourth-order valence-electron chi connectivity index (χ4n) is 3.11. The van der Waals surface area contributed by atoms with Crippen molar-refractivity contribution in [3.63, 3.8) is 0 Å². The number of aryl methyl sites for hydroxylation is 1. The number of carbonyl (C=O) groups is 1. The van der Waals surface area contributed by atoms with Crippen molar-refractivity contribution >= 4 is 22.6 Å². The number of pyridine rings is 1. The Morgan fingerprint density at radius 3 is 2.33 bits per heavy atom. The van der Waals surface area contributed by atoms with E-state index >= 15 is 0 Å². The average molecular weight is 328 g/mol. The highest BCUT2D eigenvalue weighted by molar-refractivity contribution is 5.95. The van der Waals surface area contributed by atoms with E-state index in [0.717, 1.165) is 66.6 Å². The van der Waals surface area contributed by atoms with E-state index in [-0.39, 0.29) is 6.42 Å². The molecule has 2 aromatic rings. The number of carboxylic acids is 1. The van der Waals surface area contributed by atoms with Gasteiger partial charge in [0, 0.05) is 29.7 Å². The van der Waals surface area contributed by atoms with Crippen LogP contribution in [0.25, 0.3) is 10.9 Å². The zero-order valence-corrected chi connectivity index (χ0v) is 15.0. The van der Waals surface area contributed by atoms with Crippen LogP contribution in [-0.4, -0.2) is 29.1 Å². The molecule has 1 N–H and O–H groups in total. The quantitative estimate of drug-likeness (QED) is 0.732. The molecular weight excluding hydrogens is 300 g/mol. The highest BCUT2D eigenvalue weighted by Gasteiger charge is 2.19. The Balaban J connectivity index is 2.62. The van der Waals surface area contributed by atoms with E-state index in [0.29, 0.717) is 0 Å². The number of fused-ring (bicyclic) bond motifs is 1. The fourth-order valence-corrected chi connectivity index (χ4v) is 3.11. The van der Waals surface area contributed by atoms with Crippen LogP contribution >= 0.6 is 0 Å². The molecule has 0 aliphatic carbocycles. The minimum atomic E-state index is -0.803. The van der Waals surface area contributed by atoms with E-state index in [1.54, 1.807) is 0 Å². The molecule has 0 spiro atoms. The molecule has 0 amide bonds. The summed E-state index contributed by atoms with van der Waals surface area (Å²) in [4.78, 5) is 18.4. The minimum absolute atomic E-state index is 0.0216. The number of hydrogen-bond donors (Lipinski definition) is 1. The number of hydrogen-bond acceptors (Lipinski definition) is 3. The molecule has 0 aliphatic heterocycles. The Morgan fingerprint density at radius 2 is 1.75 bits per heavy atom. The number of benzene rings is 1. The van der Waals surface area contributed by atoms with E-state index in [4.69, 9.17) is 0 Å². The summed E-state index contributed by atoms with van der Waals surface area (Å²) in [6, 6.07) is 8.06. The number of nitrogens with zero attached hydrogens (tertiary/aromatic N) is 2. The SMILES string of the molecule is CCCCN(CCCC)c1c(CC(=O)O)c(C)nc2ccccc12. The van der Waals surface area contributed by atoms with Gasteiger partial charge in [0.2, 0.25) is 0 Å². The summed E-state index contributed by atoms with van der Waals surface area (Å²) in [5.74, 6) is -0.803. The maximum atomic E-state index is 11.4. The minimum Gasteiger partial charge on any atom is -0.481 e. The Labute approximate surface area is 144 Å². The molecule has 1 aromatic heterocycles. The molecule has 4 nitrogen and oxygen atoms in total. The molecule has 0 bridgehead atoms.